The van der Waals surface area contributed by atoms with Crippen LogP contribution in [0.15, 0.2) is 60.7 Å². The zero-order valence-electron chi connectivity index (χ0n) is 12.2. The fraction of sp³-hybridized carbons (Fsp3) is 0. The maximum Gasteiger partial charge on any atom is 0.171 e. The van der Waals surface area contributed by atoms with Crippen molar-refractivity contribution in [2.45, 2.75) is 0 Å². The van der Waals surface area contributed by atoms with Gasteiger partial charge >= 0.3 is 0 Å². The molecule has 0 aliphatic carbocycles. The van der Waals surface area contributed by atoms with Gasteiger partial charge in [-0.1, -0.05) is 46.9 Å². The summed E-state index contributed by atoms with van der Waals surface area (Å²) in [5.41, 5.74) is 0. The standard InChI is InChI=1S/C18H11Cl3O3/c19-11-5-7-15(13(21)9-11)23-17-8-6-12(20)10-18(17)24-16-4-2-1-3-14(16)22/h1-10,22H. The molecule has 3 aromatic rings. The number of benzene rings is 3. The largest absolute Gasteiger partial charge is 0.504 e. The number of ether oxygens (including phenoxy) is 2. The van der Waals surface area contributed by atoms with E-state index in [9.17, 15) is 5.11 Å². The highest BCUT2D eigenvalue weighted by Gasteiger charge is 2.12. The summed E-state index contributed by atoms with van der Waals surface area (Å²) in [6.45, 7) is 0. The molecule has 0 heterocycles. The van der Waals surface area contributed by atoms with E-state index in [0.29, 0.717) is 32.3 Å². The summed E-state index contributed by atoms with van der Waals surface area (Å²) in [5, 5.41) is 11.2. The van der Waals surface area contributed by atoms with Crippen molar-refractivity contribution >= 4 is 34.8 Å². The van der Waals surface area contributed by atoms with Crippen molar-refractivity contribution in [1.82, 2.24) is 0 Å². The average molecular weight is 382 g/mol. The SMILES string of the molecule is Oc1ccccc1Oc1cc(Cl)ccc1Oc1ccc(Cl)cc1Cl. The van der Waals surface area contributed by atoms with Crippen LogP contribution in [0.1, 0.15) is 0 Å². The van der Waals surface area contributed by atoms with E-state index >= 15 is 0 Å². The minimum atomic E-state index is 0.00736. The third kappa shape index (κ3) is 3.88. The molecule has 0 aliphatic rings. The molecule has 3 rings (SSSR count). The van der Waals surface area contributed by atoms with Crippen molar-refractivity contribution in [1.29, 1.82) is 0 Å². The van der Waals surface area contributed by atoms with E-state index in [0.717, 1.165) is 0 Å². The van der Waals surface area contributed by atoms with E-state index in [1.807, 2.05) is 0 Å². The fourth-order valence-corrected chi connectivity index (χ4v) is 2.59. The molecule has 3 aromatic carbocycles. The summed E-state index contributed by atoms with van der Waals surface area (Å²) in [6, 6.07) is 16.4. The Kier molecular flexibility index (Phi) is 5.05. The molecule has 0 spiro atoms. The molecule has 0 saturated heterocycles. The molecule has 0 atom stereocenters. The van der Waals surface area contributed by atoms with Crippen LogP contribution in [0.25, 0.3) is 0 Å². The minimum absolute atomic E-state index is 0.00736. The molecule has 0 saturated carbocycles. The van der Waals surface area contributed by atoms with Crippen LogP contribution in [0.5, 0.6) is 28.7 Å². The topological polar surface area (TPSA) is 38.7 Å². The highest BCUT2D eigenvalue weighted by molar-refractivity contribution is 6.35. The first-order valence-electron chi connectivity index (χ1n) is 6.91. The summed E-state index contributed by atoms with van der Waals surface area (Å²) in [7, 11) is 0. The quantitative estimate of drug-likeness (QED) is 0.532. The van der Waals surface area contributed by atoms with Gasteiger partial charge in [0.15, 0.2) is 23.0 Å². The Morgan fingerprint density at radius 1 is 0.625 bits per heavy atom. The number of para-hydroxylation sites is 2. The van der Waals surface area contributed by atoms with Gasteiger partial charge in [-0.05, 0) is 42.5 Å². The van der Waals surface area contributed by atoms with Crippen LogP contribution in [-0.2, 0) is 0 Å². The molecule has 0 radical (unpaired) electrons. The highest BCUT2D eigenvalue weighted by Crippen LogP contribution is 2.41. The molecule has 122 valence electrons. The summed E-state index contributed by atoms with van der Waals surface area (Å²) < 4.78 is 11.5. The smallest absolute Gasteiger partial charge is 0.171 e. The van der Waals surface area contributed by atoms with E-state index < -0.39 is 0 Å². The van der Waals surface area contributed by atoms with Gasteiger partial charge in [-0.25, -0.2) is 0 Å². The number of phenolic OH excluding ortho intramolecular Hbond substituents is 1. The second-order valence-electron chi connectivity index (χ2n) is 4.84. The van der Waals surface area contributed by atoms with Gasteiger partial charge < -0.3 is 14.6 Å². The molecule has 0 aliphatic heterocycles. The van der Waals surface area contributed by atoms with Gasteiger partial charge in [0.1, 0.15) is 5.75 Å². The molecule has 0 amide bonds. The normalized spacial score (nSPS) is 10.5. The summed E-state index contributed by atoms with van der Waals surface area (Å²) >= 11 is 18.1. The third-order valence-corrected chi connectivity index (χ3v) is 3.87. The summed E-state index contributed by atoms with van der Waals surface area (Å²) in [4.78, 5) is 0. The molecule has 6 heteroatoms. The van der Waals surface area contributed by atoms with Crippen molar-refractivity contribution in [2.24, 2.45) is 0 Å². The molecule has 1 N–H and O–H groups in total. The van der Waals surface area contributed by atoms with E-state index in [4.69, 9.17) is 44.3 Å². The van der Waals surface area contributed by atoms with Crippen molar-refractivity contribution in [3.63, 3.8) is 0 Å². The Bertz CT molecular complexity index is 881. The molecule has 3 nitrogen and oxygen atoms in total. The molecular weight excluding hydrogens is 371 g/mol. The van der Waals surface area contributed by atoms with Gasteiger partial charge in [0.2, 0.25) is 0 Å². The highest BCUT2D eigenvalue weighted by atomic mass is 35.5. The first-order valence-corrected chi connectivity index (χ1v) is 8.04. The lowest BCUT2D eigenvalue weighted by molar-refractivity contribution is 0.389. The lowest BCUT2D eigenvalue weighted by atomic mass is 10.3. The summed E-state index contributed by atoms with van der Waals surface area (Å²) in [6.07, 6.45) is 0. The molecular formula is C18H11Cl3O3. The maximum absolute atomic E-state index is 9.86. The van der Waals surface area contributed by atoms with Gasteiger partial charge in [0.05, 0.1) is 5.02 Å². The van der Waals surface area contributed by atoms with Crippen LogP contribution in [0.2, 0.25) is 15.1 Å². The van der Waals surface area contributed by atoms with Gasteiger partial charge in [-0.2, -0.15) is 0 Å². The Hall–Kier alpha value is -2.07. The van der Waals surface area contributed by atoms with E-state index in [2.05, 4.69) is 0 Å². The molecule has 0 unspecified atom stereocenters. The van der Waals surface area contributed by atoms with Crippen molar-refractivity contribution in [3.05, 3.63) is 75.7 Å². The van der Waals surface area contributed by atoms with Crippen LogP contribution in [-0.4, -0.2) is 5.11 Å². The van der Waals surface area contributed by atoms with Crippen LogP contribution in [0.3, 0.4) is 0 Å². The molecule has 0 fully saturated rings. The first kappa shape index (κ1) is 16.8. The number of hydrogen-bond donors (Lipinski definition) is 1. The maximum atomic E-state index is 9.86. The predicted octanol–water partition coefficient (Wildman–Crippen LogP) is 6.94. The first-order chi connectivity index (χ1) is 11.5. The van der Waals surface area contributed by atoms with Gasteiger partial charge in [-0.3, -0.25) is 0 Å². The van der Waals surface area contributed by atoms with Crippen LogP contribution < -0.4 is 9.47 Å². The molecule has 24 heavy (non-hydrogen) atoms. The lowest BCUT2D eigenvalue weighted by Crippen LogP contribution is -1.91. The lowest BCUT2D eigenvalue weighted by Gasteiger charge is -2.14. The van der Waals surface area contributed by atoms with Crippen LogP contribution in [0.4, 0.5) is 0 Å². The Balaban J connectivity index is 1.95. The Morgan fingerprint density at radius 3 is 1.96 bits per heavy atom. The number of phenols is 1. The second-order valence-corrected chi connectivity index (χ2v) is 6.12. The Labute approximate surface area is 153 Å². The summed E-state index contributed by atoms with van der Waals surface area (Å²) in [5.74, 6) is 1.45. The predicted molar refractivity (Wildman–Crippen MR) is 96.2 cm³/mol. The van der Waals surface area contributed by atoms with Gasteiger partial charge in [0, 0.05) is 16.1 Å². The minimum Gasteiger partial charge on any atom is -0.504 e. The van der Waals surface area contributed by atoms with E-state index in [1.165, 1.54) is 6.07 Å². The van der Waals surface area contributed by atoms with Crippen molar-refractivity contribution in [3.8, 4) is 28.7 Å². The van der Waals surface area contributed by atoms with Crippen molar-refractivity contribution < 1.29 is 14.6 Å². The van der Waals surface area contributed by atoms with Gasteiger partial charge in [0.25, 0.3) is 0 Å². The van der Waals surface area contributed by atoms with E-state index in [-0.39, 0.29) is 11.5 Å². The number of hydrogen-bond acceptors (Lipinski definition) is 3. The van der Waals surface area contributed by atoms with Gasteiger partial charge in [-0.15, -0.1) is 0 Å². The number of rotatable bonds is 4. The zero-order chi connectivity index (χ0) is 17.1. The number of aromatic hydroxyl groups is 1. The molecule has 0 aromatic heterocycles. The number of halogens is 3. The van der Waals surface area contributed by atoms with E-state index in [1.54, 1.807) is 54.6 Å². The molecule has 0 bridgehead atoms. The second kappa shape index (κ2) is 7.22. The zero-order valence-corrected chi connectivity index (χ0v) is 14.4. The van der Waals surface area contributed by atoms with Crippen molar-refractivity contribution in [2.75, 3.05) is 0 Å². The Morgan fingerprint density at radius 2 is 1.25 bits per heavy atom. The monoisotopic (exact) mass is 380 g/mol. The van der Waals surface area contributed by atoms with Crippen LogP contribution in [0, 0.1) is 0 Å². The fourth-order valence-electron chi connectivity index (χ4n) is 1.98. The average Bonchev–Trinajstić information content (AvgIpc) is 2.54. The third-order valence-electron chi connectivity index (χ3n) is 3.10. The van der Waals surface area contributed by atoms with Crippen LogP contribution >= 0.6 is 34.8 Å².